The number of piperidine rings is 1. The van der Waals surface area contributed by atoms with Crippen LogP contribution in [-0.2, 0) is 0 Å². The summed E-state index contributed by atoms with van der Waals surface area (Å²) in [6, 6.07) is 4.20. The quantitative estimate of drug-likeness (QED) is 0.860. The van der Waals surface area contributed by atoms with Crippen molar-refractivity contribution in [3.63, 3.8) is 0 Å². The van der Waals surface area contributed by atoms with Gasteiger partial charge in [-0.25, -0.2) is 9.97 Å². The molecule has 4 rings (SSSR count). The summed E-state index contributed by atoms with van der Waals surface area (Å²) in [4.78, 5) is 27.7. The van der Waals surface area contributed by atoms with Crippen LogP contribution >= 0.6 is 0 Å². The van der Waals surface area contributed by atoms with Gasteiger partial charge in [-0.15, -0.1) is 0 Å². The summed E-state index contributed by atoms with van der Waals surface area (Å²) in [5, 5.41) is 0. The number of amides is 1. The molecule has 27 heavy (non-hydrogen) atoms. The van der Waals surface area contributed by atoms with E-state index in [1.165, 1.54) is 0 Å². The second-order valence-corrected chi connectivity index (χ2v) is 7.41. The number of aromatic nitrogens is 3. The van der Waals surface area contributed by atoms with E-state index in [0.717, 1.165) is 44.5 Å². The molecule has 2 fully saturated rings. The van der Waals surface area contributed by atoms with Crippen LogP contribution in [0.4, 0.5) is 0 Å². The summed E-state index contributed by atoms with van der Waals surface area (Å²) in [5.74, 6) is 1.73. The molecule has 0 aliphatic carbocycles. The Balaban J connectivity index is 1.44. The van der Waals surface area contributed by atoms with Crippen LogP contribution in [0.15, 0.2) is 36.9 Å². The van der Waals surface area contributed by atoms with Crippen LogP contribution in [0.3, 0.4) is 0 Å². The zero-order valence-corrected chi connectivity index (χ0v) is 15.6. The van der Waals surface area contributed by atoms with Crippen LogP contribution in [0, 0.1) is 11.8 Å². The van der Waals surface area contributed by atoms with E-state index in [1.54, 1.807) is 24.8 Å². The lowest BCUT2D eigenvalue weighted by molar-refractivity contribution is 0.0633. The van der Waals surface area contributed by atoms with Crippen LogP contribution < -0.4 is 10.9 Å². The molecule has 2 aliphatic heterocycles. The zero-order valence-electron chi connectivity index (χ0n) is 15.6. The number of pyridine rings is 1. The normalized spacial score (nSPS) is 25.5. The fourth-order valence-corrected chi connectivity index (χ4v) is 4.21. The van der Waals surface area contributed by atoms with Crippen LogP contribution in [0.1, 0.15) is 36.5 Å². The predicted molar refractivity (Wildman–Crippen MR) is 103 cm³/mol. The Morgan fingerprint density at radius 3 is 2.89 bits per heavy atom. The number of likely N-dealkylation sites (tertiary alicyclic amines) is 1. The van der Waals surface area contributed by atoms with Gasteiger partial charge in [0.15, 0.2) is 5.82 Å². The molecule has 0 radical (unpaired) electrons. The summed E-state index contributed by atoms with van der Waals surface area (Å²) >= 11 is 0. The first-order valence-corrected chi connectivity index (χ1v) is 9.76. The van der Waals surface area contributed by atoms with Gasteiger partial charge in [0.05, 0.1) is 5.56 Å². The predicted octanol–water partition coefficient (Wildman–Crippen LogP) is 1.89. The lowest BCUT2D eigenvalue weighted by Gasteiger charge is -2.37. The highest BCUT2D eigenvalue weighted by molar-refractivity contribution is 5.93. The summed E-state index contributed by atoms with van der Waals surface area (Å²) < 4.78 is 0. The van der Waals surface area contributed by atoms with Gasteiger partial charge in [0.25, 0.3) is 5.91 Å². The minimum absolute atomic E-state index is 0.0245. The second-order valence-electron chi connectivity index (χ2n) is 7.41. The Morgan fingerprint density at radius 2 is 2.15 bits per heavy atom. The van der Waals surface area contributed by atoms with Crippen LogP contribution in [0.2, 0.25) is 0 Å². The van der Waals surface area contributed by atoms with Crippen molar-refractivity contribution >= 4 is 5.91 Å². The molecule has 3 unspecified atom stereocenters. The van der Waals surface area contributed by atoms with Gasteiger partial charge in [0.2, 0.25) is 0 Å². The van der Waals surface area contributed by atoms with Crippen molar-refractivity contribution in [1.29, 1.82) is 0 Å². The molecular weight excluding hydrogens is 340 g/mol. The molecule has 0 saturated carbocycles. The average molecular weight is 366 g/mol. The van der Waals surface area contributed by atoms with Crippen molar-refractivity contribution < 1.29 is 4.79 Å². The number of nitrogens with zero attached hydrogens (tertiary/aromatic N) is 4. The number of hydrazine groups is 1. The third-order valence-electron chi connectivity index (χ3n) is 5.74. The highest BCUT2D eigenvalue weighted by Crippen LogP contribution is 2.28. The SMILES string of the molecule is CCC1CNNC1C1CCCN(C(=O)c2cnc(-c3cccnc3)nc2)C1. The summed E-state index contributed by atoms with van der Waals surface area (Å²) in [5.41, 5.74) is 8.12. The number of carbonyl (C=O) groups excluding carboxylic acids is 1. The van der Waals surface area contributed by atoms with Crippen molar-refractivity contribution in [2.24, 2.45) is 11.8 Å². The Kier molecular flexibility index (Phi) is 5.40. The van der Waals surface area contributed by atoms with E-state index in [0.29, 0.717) is 29.3 Å². The highest BCUT2D eigenvalue weighted by atomic mass is 16.2. The summed E-state index contributed by atoms with van der Waals surface area (Å²) in [7, 11) is 0. The largest absolute Gasteiger partial charge is 0.338 e. The van der Waals surface area contributed by atoms with Gasteiger partial charge in [0, 0.05) is 56.0 Å². The first kappa shape index (κ1) is 18.0. The van der Waals surface area contributed by atoms with Crippen molar-refractivity contribution in [2.45, 2.75) is 32.2 Å². The molecule has 0 aromatic carbocycles. The number of nitrogens with one attached hydrogen (secondary N) is 2. The van der Waals surface area contributed by atoms with Crippen LogP contribution in [0.25, 0.3) is 11.4 Å². The number of carbonyl (C=O) groups is 1. The van der Waals surface area contributed by atoms with Crippen LogP contribution in [-0.4, -0.2) is 51.4 Å². The highest BCUT2D eigenvalue weighted by Gasteiger charge is 2.36. The first-order valence-electron chi connectivity index (χ1n) is 9.76. The molecule has 142 valence electrons. The number of hydrogen-bond donors (Lipinski definition) is 2. The van der Waals surface area contributed by atoms with Gasteiger partial charge in [-0.3, -0.25) is 20.6 Å². The molecule has 0 spiro atoms. The molecule has 2 aliphatic rings. The zero-order chi connectivity index (χ0) is 18.6. The Hall–Kier alpha value is -2.38. The van der Waals surface area contributed by atoms with Gasteiger partial charge < -0.3 is 4.90 Å². The maximum Gasteiger partial charge on any atom is 0.257 e. The third-order valence-corrected chi connectivity index (χ3v) is 5.74. The minimum atomic E-state index is 0.0245. The number of rotatable bonds is 4. The summed E-state index contributed by atoms with van der Waals surface area (Å²) in [6.07, 6.45) is 10.1. The molecule has 4 heterocycles. The molecule has 7 nitrogen and oxygen atoms in total. The molecule has 1 amide bonds. The Morgan fingerprint density at radius 1 is 1.30 bits per heavy atom. The second kappa shape index (κ2) is 8.10. The van der Waals surface area contributed by atoms with Gasteiger partial charge in [-0.2, -0.15) is 0 Å². The molecule has 2 N–H and O–H groups in total. The monoisotopic (exact) mass is 366 g/mol. The van der Waals surface area contributed by atoms with Crippen molar-refractivity contribution in [1.82, 2.24) is 30.7 Å². The molecule has 2 aromatic heterocycles. The molecule has 2 saturated heterocycles. The molecular formula is C20H26N6O. The van der Waals surface area contributed by atoms with Crippen molar-refractivity contribution in [3.05, 3.63) is 42.5 Å². The molecule has 7 heteroatoms. The molecule has 2 aromatic rings. The van der Waals surface area contributed by atoms with E-state index < -0.39 is 0 Å². The first-order chi connectivity index (χ1) is 13.3. The topological polar surface area (TPSA) is 83.0 Å². The molecule has 3 atom stereocenters. The lowest BCUT2D eigenvalue weighted by atomic mass is 9.83. The van der Waals surface area contributed by atoms with E-state index in [4.69, 9.17) is 0 Å². The summed E-state index contributed by atoms with van der Waals surface area (Å²) in [6.45, 7) is 4.84. The maximum atomic E-state index is 13.0. The lowest BCUT2D eigenvalue weighted by Crippen LogP contribution is -2.48. The van der Waals surface area contributed by atoms with Gasteiger partial charge in [-0.1, -0.05) is 13.3 Å². The number of hydrogen-bond acceptors (Lipinski definition) is 6. The van der Waals surface area contributed by atoms with E-state index in [-0.39, 0.29) is 5.91 Å². The Labute approximate surface area is 159 Å². The van der Waals surface area contributed by atoms with E-state index in [9.17, 15) is 4.79 Å². The Bertz CT molecular complexity index is 766. The van der Waals surface area contributed by atoms with E-state index in [2.05, 4.69) is 32.7 Å². The van der Waals surface area contributed by atoms with Gasteiger partial charge in [0.1, 0.15) is 0 Å². The van der Waals surface area contributed by atoms with E-state index in [1.807, 2.05) is 17.0 Å². The maximum absolute atomic E-state index is 13.0. The van der Waals surface area contributed by atoms with Gasteiger partial charge in [-0.05, 0) is 36.8 Å². The average Bonchev–Trinajstić information content (AvgIpc) is 3.23. The fourth-order valence-electron chi connectivity index (χ4n) is 4.21. The molecule has 0 bridgehead atoms. The minimum Gasteiger partial charge on any atom is -0.338 e. The smallest absolute Gasteiger partial charge is 0.257 e. The van der Waals surface area contributed by atoms with Crippen molar-refractivity contribution in [2.75, 3.05) is 19.6 Å². The van der Waals surface area contributed by atoms with E-state index >= 15 is 0 Å². The van der Waals surface area contributed by atoms with Crippen molar-refractivity contribution in [3.8, 4) is 11.4 Å². The van der Waals surface area contributed by atoms with Crippen LogP contribution in [0.5, 0.6) is 0 Å². The third kappa shape index (κ3) is 3.84. The van der Waals surface area contributed by atoms with Gasteiger partial charge >= 0.3 is 0 Å². The standard InChI is InChI=1S/C20H26N6O/c1-2-14-12-24-25-18(14)16-6-4-8-26(13-16)20(27)17-10-22-19(23-11-17)15-5-3-7-21-9-15/h3,5,7,9-11,14,16,18,24-25H,2,4,6,8,12-13H2,1H3. The fraction of sp³-hybridized carbons (Fsp3) is 0.500.